The summed E-state index contributed by atoms with van der Waals surface area (Å²) in [6.45, 7) is 0. The fourth-order valence-electron chi connectivity index (χ4n) is 4.16. The Labute approximate surface area is 101 Å². The molecular weight excluding hydrogens is 196 g/mol. The van der Waals surface area contributed by atoms with Gasteiger partial charge in [0.2, 0.25) is 0 Å². The molecule has 2 heteroatoms. The van der Waals surface area contributed by atoms with E-state index in [1.54, 1.807) is 0 Å². The molecule has 3 rings (SSSR count). The molecule has 94 valence electrons. The predicted molar refractivity (Wildman–Crippen MR) is 69.2 cm³/mol. The smallest absolute Gasteiger partial charge is 0.0993 e. The molecule has 3 saturated carbocycles. The SMILES string of the molecule is C[N+](C)(C)C12CCC([N+](C)(C)C)(CC1)CC2. The molecule has 2 bridgehead atoms. The summed E-state index contributed by atoms with van der Waals surface area (Å²) in [6.07, 6.45) is 8.62. The summed E-state index contributed by atoms with van der Waals surface area (Å²) in [5.41, 5.74) is 1.19. The lowest BCUT2D eigenvalue weighted by molar-refractivity contribution is -0.954. The van der Waals surface area contributed by atoms with E-state index >= 15 is 0 Å². The van der Waals surface area contributed by atoms with Gasteiger partial charge in [-0.25, -0.2) is 0 Å². The van der Waals surface area contributed by atoms with Crippen LogP contribution in [0.15, 0.2) is 0 Å². The van der Waals surface area contributed by atoms with Gasteiger partial charge in [-0.3, -0.25) is 0 Å². The van der Waals surface area contributed by atoms with Gasteiger partial charge < -0.3 is 8.97 Å². The van der Waals surface area contributed by atoms with E-state index in [0.29, 0.717) is 11.1 Å². The van der Waals surface area contributed by atoms with Gasteiger partial charge in [0.15, 0.2) is 0 Å². The lowest BCUT2D eigenvalue weighted by Gasteiger charge is -2.61. The van der Waals surface area contributed by atoms with Crippen molar-refractivity contribution in [2.24, 2.45) is 0 Å². The second-order valence-electron chi connectivity index (χ2n) is 7.97. The van der Waals surface area contributed by atoms with Crippen LogP contribution in [0.4, 0.5) is 0 Å². The molecule has 0 spiro atoms. The summed E-state index contributed by atoms with van der Waals surface area (Å²) in [5.74, 6) is 0. The summed E-state index contributed by atoms with van der Waals surface area (Å²) in [7, 11) is 14.4. The zero-order chi connectivity index (χ0) is 12.2. The third kappa shape index (κ3) is 1.53. The van der Waals surface area contributed by atoms with Crippen LogP contribution in [-0.4, -0.2) is 62.3 Å². The zero-order valence-electron chi connectivity index (χ0n) is 12.1. The van der Waals surface area contributed by atoms with E-state index in [1.807, 2.05) is 0 Å². The molecule has 3 aliphatic carbocycles. The molecule has 16 heavy (non-hydrogen) atoms. The van der Waals surface area contributed by atoms with Crippen molar-refractivity contribution < 1.29 is 8.97 Å². The highest BCUT2D eigenvalue weighted by atomic mass is 15.4. The molecule has 3 fully saturated rings. The van der Waals surface area contributed by atoms with Gasteiger partial charge in [0.25, 0.3) is 0 Å². The first-order valence-electron chi connectivity index (χ1n) is 6.75. The van der Waals surface area contributed by atoms with Crippen molar-refractivity contribution in [3.63, 3.8) is 0 Å². The Bertz CT molecular complexity index is 226. The van der Waals surface area contributed by atoms with Gasteiger partial charge in [-0.15, -0.1) is 0 Å². The maximum absolute atomic E-state index is 2.39. The highest BCUT2D eigenvalue weighted by Crippen LogP contribution is 2.54. The maximum atomic E-state index is 2.39. The average Bonchev–Trinajstić information content (AvgIpc) is 2.17. The Morgan fingerprint density at radius 1 is 0.500 bits per heavy atom. The van der Waals surface area contributed by atoms with Gasteiger partial charge in [-0.1, -0.05) is 0 Å². The molecule has 0 aromatic rings. The number of hydrogen-bond donors (Lipinski definition) is 0. The fourth-order valence-corrected chi connectivity index (χ4v) is 4.16. The second kappa shape index (κ2) is 3.23. The van der Waals surface area contributed by atoms with Gasteiger partial charge >= 0.3 is 0 Å². The highest BCUT2D eigenvalue weighted by Gasteiger charge is 2.59. The highest BCUT2D eigenvalue weighted by molar-refractivity contribution is 5.02. The lowest BCUT2D eigenvalue weighted by atomic mass is 9.59. The van der Waals surface area contributed by atoms with Crippen molar-refractivity contribution in [2.75, 3.05) is 42.3 Å². The largest absolute Gasteiger partial charge is 0.326 e. The molecule has 2 nitrogen and oxygen atoms in total. The third-order valence-corrected chi connectivity index (χ3v) is 6.01. The van der Waals surface area contributed by atoms with Crippen molar-refractivity contribution in [1.29, 1.82) is 0 Å². The summed E-state index contributed by atoms with van der Waals surface area (Å²) in [6, 6.07) is 0. The van der Waals surface area contributed by atoms with Crippen molar-refractivity contribution in [1.82, 2.24) is 0 Å². The first-order chi connectivity index (χ1) is 7.12. The van der Waals surface area contributed by atoms with Gasteiger partial charge in [0.1, 0.15) is 0 Å². The maximum Gasteiger partial charge on any atom is 0.0993 e. The van der Waals surface area contributed by atoms with Gasteiger partial charge in [0.05, 0.1) is 53.4 Å². The number of hydrogen-bond acceptors (Lipinski definition) is 0. The summed E-state index contributed by atoms with van der Waals surface area (Å²) in [5, 5.41) is 0. The van der Waals surface area contributed by atoms with Crippen molar-refractivity contribution in [3.05, 3.63) is 0 Å². The molecule has 0 heterocycles. The Morgan fingerprint density at radius 2 is 0.688 bits per heavy atom. The third-order valence-electron chi connectivity index (χ3n) is 6.01. The minimum Gasteiger partial charge on any atom is -0.326 e. The molecule has 0 radical (unpaired) electrons. The first-order valence-corrected chi connectivity index (χ1v) is 6.75. The average molecular weight is 226 g/mol. The number of fused-ring (bicyclic) bond motifs is 3. The molecule has 0 aliphatic heterocycles. The fraction of sp³-hybridized carbons (Fsp3) is 1.00. The van der Waals surface area contributed by atoms with Gasteiger partial charge in [-0.05, 0) is 0 Å². The van der Waals surface area contributed by atoms with Crippen LogP contribution < -0.4 is 0 Å². The summed E-state index contributed by atoms with van der Waals surface area (Å²) in [4.78, 5) is 0. The van der Waals surface area contributed by atoms with Crippen LogP contribution in [0, 0.1) is 0 Å². The number of nitrogens with zero attached hydrogens (tertiary/aromatic N) is 2. The van der Waals surface area contributed by atoms with Crippen LogP contribution in [0.2, 0.25) is 0 Å². The molecule has 0 atom stereocenters. The molecular formula is C14H30N2+2. The summed E-state index contributed by atoms with van der Waals surface area (Å²) < 4.78 is 2.33. The first kappa shape index (κ1) is 12.4. The number of rotatable bonds is 2. The normalized spacial score (nSPS) is 40.1. The second-order valence-corrected chi connectivity index (χ2v) is 7.97. The van der Waals surface area contributed by atoms with Crippen LogP contribution in [0.3, 0.4) is 0 Å². The van der Waals surface area contributed by atoms with Crippen LogP contribution in [-0.2, 0) is 0 Å². The topological polar surface area (TPSA) is 0 Å². The van der Waals surface area contributed by atoms with E-state index in [4.69, 9.17) is 0 Å². The molecule has 3 aliphatic rings. The van der Waals surface area contributed by atoms with E-state index in [9.17, 15) is 0 Å². The Morgan fingerprint density at radius 3 is 0.812 bits per heavy atom. The minimum atomic E-state index is 0.594. The van der Waals surface area contributed by atoms with Crippen LogP contribution >= 0.6 is 0 Å². The predicted octanol–water partition coefficient (Wildman–Crippen LogP) is 2.24. The molecule has 0 unspecified atom stereocenters. The van der Waals surface area contributed by atoms with Crippen molar-refractivity contribution >= 4 is 0 Å². The molecule has 0 N–H and O–H groups in total. The van der Waals surface area contributed by atoms with E-state index in [2.05, 4.69) is 42.3 Å². The molecule has 0 amide bonds. The van der Waals surface area contributed by atoms with Gasteiger partial charge in [0, 0.05) is 38.5 Å². The minimum absolute atomic E-state index is 0.594. The lowest BCUT2D eigenvalue weighted by Crippen LogP contribution is -2.70. The molecule has 0 saturated heterocycles. The van der Waals surface area contributed by atoms with Gasteiger partial charge in [-0.2, -0.15) is 0 Å². The quantitative estimate of drug-likeness (QED) is 0.634. The van der Waals surface area contributed by atoms with E-state index < -0.39 is 0 Å². The molecule has 0 aromatic heterocycles. The Kier molecular flexibility index (Phi) is 2.50. The Hall–Kier alpha value is -0.0800. The monoisotopic (exact) mass is 226 g/mol. The summed E-state index contributed by atoms with van der Waals surface area (Å²) >= 11 is 0. The van der Waals surface area contributed by atoms with Crippen molar-refractivity contribution in [2.45, 2.75) is 49.6 Å². The van der Waals surface area contributed by atoms with Crippen LogP contribution in [0.25, 0.3) is 0 Å². The standard InChI is InChI=1S/C14H30N2/c1-15(2,3)13-7-10-14(11-8-13,12-9-13)16(4,5)6/h7-12H2,1-6H3/q+2. The van der Waals surface area contributed by atoms with E-state index in [1.165, 1.54) is 47.5 Å². The Balaban J connectivity index is 2.22. The van der Waals surface area contributed by atoms with Crippen LogP contribution in [0.5, 0.6) is 0 Å². The zero-order valence-corrected chi connectivity index (χ0v) is 12.1. The van der Waals surface area contributed by atoms with E-state index in [-0.39, 0.29) is 0 Å². The van der Waals surface area contributed by atoms with Crippen LogP contribution in [0.1, 0.15) is 38.5 Å². The molecule has 0 aromatic carbocycles. The number of quaternary nitrogens is 2. The van der Waals surface area contributed by atoms with E-state index in [0.717, 1.165) is 0 Å². The van der Waals surface area contributed by atoms with Crippen molar-refractivity contribution in [3.8, 4) is 0 Å².